The molecular weight excluding hydrogens is 293 g/mol. The Bertz CT molecular complexity index is 440. The van der Waals surface area contributed by atoms with E-state index in [0.29, 0.717) is 22.7 Å². The van der Waals surface area contributed by atoms with Crippen LogP contribution in [0.2, 0.25) is 0 Å². The van der Waals surface area contributed by atoms with Crippen LogP contribution in [0.5, 0.6) is 0 Å². The van der Waals surface area contributed by atoms with E-state index < -0.39 is 0 Å². The Kier molecular flexibility index (Phi) is 3.28. The van der Waals surface area contributed by atoms with Gasteiger partial charge in [0.15, 0.2) is 0 Å². The van der Waals surface area contributed by atoms with Gasteiger partial charge in [0.1, 0.15) is 10.8 Å². The molecule has 5 heteroatoms. The van der Waals surface area contributed by atoms with Gasteiger partial charge in [-0.05, 0) is 40.5 Å². The second kappa shape index (κ2) is 4.39. The van der Waals surface area contributed by atoms with Gasteiger partial charge < -0.3 is 10.1 Å². The smallest absolute Gasteiger partial charge is 0.137 e. The quantitative estimate of drug-likeness (QED) is 0.806. The van der Waals surface area contributed by atoms with E-state index in [4.69, 9.17) is 17.0 Å². The van der Waals surface area contributed by atoms with Crippen LogP contribution in [0.25, 0.3) is 0 Å². The Morgan fingerprint density at radius 2 is 2.31 bits per heavy atom. The van der Waals surface area contributed by atoms with E-state index in [1.807, 2.05) is 6.92 Å². The van der Waals surface area contributed by atoms with Gasteiger partial charge in [0.05, 0.1) is 23.2 Å². The summed E-state index contributed by atoms with van der Waals surface area (Å²) in [6.45, 7) is 2.95. The maximum absolute atomic E-state index is 13.1. The number of ether oxygens (including phenoxy) is 1. The lowest BCUT2D eigenvalue weighted by atomic mass is 9.92. The lowest BCUT2D eigenvalue weighted by Crippen LogP contribution is -2.52. The number of nitrogens with one attached hydrogen (secondary N) is 1. The molecule has 1 aliphatic heterocycles. The number of hydrogen-bond donors (Lipinski definition) is 1. The molecule has 1 aliphatic rings. The Morgan fingerprint density at radius 3 is 2.94 bits per heavy atom. The largest absolute Gasteiger partial charge is 0.372 e. The molecule has 0 amide bonds. The predicted octanol–water partition coefficient (Wildman–Crippen LogP) is 2.75. The van der Waals surface area contributed by atoms with Gasteiger partial charge in [-0.15, -0.1) is 0 Å². The van der Waals surface area contributed by atoms with Gasteiger partial charge in [-0.1, -0.05) is 18.3 Å². The van der Waals surface area contributed by atoms with Crippen LogP contribution in [0.4, 0.5) is 4.39 Å². The van der Waals surface area contributed by atoms with E-state index >= 15 is 0 Å². The first-order valence-corrected chi connectivity index (χ1v) is 6.06. The van der Waals surface area contributed by atoms with Crippen LogP contribution in [0.3, 0.4) is 0 Å². The monoisotopic (exact) mass is 303 g/mol. The van der Waals surface area contributed by atoms with E-state index in [0.717, 1.165) is 5.56 Å². The fraction of sp³-hybridized carbons (Fsp3) is 0.364. The predicted molar refractivity (Wildman–Crippen MR) is 68.0 cm³/mol. The number of benzene rings is 1. The van der Waals surface area contributed by atoms with Crippen molar-refractivity contribution in [3.8, 4) is 0 Å². The fourth-order valence-electron chi connectivity index (χ4n) is 1.72. The topological polar surface area (TPSA) is 21.3 Å². The Labute approximate surface area is 107 Å². The highest BCUT2D eigenvalue weighted by Crippen LogP contribution is 2.27. The average molecular weight is 304 g/mol. The van der Waals surface area contributed by atoms with Crippen molar-refractivity contribution in [1.82, 2.24) is 5.32 Å². The lowest BCUT2D eigenvalue weighted by Gasteiger charge is -2.36. The van der Waals surface area contributed by atoms with Gasteiger partial charge in [0, 0.05) is 0 Å². The maximum atomic E-state index is 13.1. The van der Waals surface area contributed by atoms with Gasteiger partial charge in [0.2, 0.25) is 0 Å². The molecule has 0 spiro atoms. The summed E-state index contributed by atoms with van der Waals surface area (Å²) < 4.78 is 19.0. The summed E-state index contributed by atoms with van der Waals surface area (Å²) in [4.78, 5) is 0.675. The van der Waals surface area contributed by atoms with Crippen molar-refractivity contribution in [1.29, 1.82) is 0 Å². The molecule has 0 bridgehead atoms. The molecule has 1 aromatic carbocycles. The van der Waals surface area contributed by atoms with Crippen molar-refractivity contribution in [2.75, 3.05) is 13.2 Å². The van der Waals surface area contributed by atoms with Crippen molar-refractivity contribution < 1.29 is 9.13 Å². The third-order valence-electron chi connectivity index (χ3n) is 2.60. The van der Waals surface area contributed by atoms with Crippen LogP contribution in [0, 0.1) is 5.82 Å². The molecule has 0 unspecified atom stereocenters. The van der Waals surface area contributed by atoms with Crippen LogP contribution in [-0.4, -0.2) is 18.2 Å². The highest BCUT2D eigenvalue weighted by Gasteiger charge is 2.31. The van der Waals surface area contributed by atoms with E-state index in [1.165, 1.54) is 6.07 Å². The van der Waals surface area contributed by atoms with E-state index in [9.17, 15) is 4.39 Å². The van der Waals surface area contributed by atoms with Gasteiger partial charge >= 0.3 is 0 Å². The highest BCUT2D eigenvalue weighted by atomic mass is 79.9. The van der Waals surface area contributed by atoms with Crippen molar-refractivity contribution in [2.24, 2.45) is 0 Å². The lowest BCUT2D eigenvalue weighted by molar-refractivity contribution is 0.0875. The van der Waals surface area contributed by atoms with Crippen LogP contribution in [0.1, 0.15) is 12.5 Å². The standard InChI is InChI=1S/C11H11BrFNOS/c1-11(6-15-5-10(16)14-11)7-2-3-9(13)8(12)4-7/h2-4H,5-6H2,1H3,(H,14,16)/t11-/m1/s1. The number of thiocarbonyl (C=S) groups is 1. The number of halogens is 2. The normalized spacial score (nSPS) is 25.3. The van der Waals surface area contributed by atoms with Gasteiger partial charge in [-0.2, -0.15) is 0 Å². The minimum absolute atomic E-state index is 0.272. The van der Waals surface area contributed by atoms with E-state index in [-0.39, 0.29) is 11.4 Å². The average Bonchev–Trinajstić information content (AvgIpc) is 2.21. The Hall–Kier alpha value is -0.520. The molecule has 1 fully saturated rings. The van der Waals surface area contributed by atoms with Crippen molar-refractivity contribution in [3.63, 3.8) is 0 Å². The van der Waals surface area contributed by atoms with Crippen LogP contribution < -0.4 is 5.32 Å². The van der Waals surface area contributed by atoms with Crippen molar-refractivity contribution in [3.05, 3.63) is 34.1 Å². The van der Waals surface area contributed by atoms with Crippen LogP contribution in [0.15, 0.2) is 22.7 Å². The summed E-state index contributed by atoms with van der Waals surface area (Å²) in [7, 11) is 0. The molecule has 1 heterocycles. The molecule has 86 valence electrons. The molecule has 1 aromatic rings. The Morgan fingerprint density at radius 1 is 1.56 bits per heavy atom. The van der Waals surface area contributed by atoms with Crippen LogP contribution >= 0.6 is 28.1 Å². The third-order valence-corrected chi connectivity index (χ3v) is 3.42. The SMILES string of the molecule is C[C@]1(c2ccc(F)c(Br)c2)COCC(=S)N1. The van der Waals surface area contributed by atoms with E-state index in [2.05, 4.69) is 21.2 Å². The van der Waals surface area contributed by atoms with Gasteiger partial charge in [-0.3, -0.25) is 0 Å². The molecule has 2 rings (SSSR count). The molecule has 1 atom stereocenters. The Balaban J connectivity index is 2.34. The van der Waals surface area contributed by atoms with Crippen molar-refractivity contribution >= 4 is 33.1 Å². The zero-order chi connectivity index (χ0) is 11.8. The molecule has 16 heavy (non-hydrogen) atoms. The summed E-state index contributed by atoms with van der Waals surface area (Å²) in [6.07, 6.45) is 0. The van der Waals surface area contributed by atoms with Crippen molar-refractivity contribution in [2.45, 2.75) is 12.5 Å². The zero-order valence-corrected chi connectivity index (χ0v) is 11.1. The highest BCUT2D eigenvalue weighted by molar-refractivity contribution is 9.10. The molecule has 2 nitrogen and oxygen atoms in total. The second-order valence-corrected chi connectivity index (χ2v) is 5.35. The summed E-state index contributed by atoms with van der Waals surface area (Å²) in [5.41, 5.74) is 0.564. The first kappa shape index (κ1) is 12.0. The molecule has 0 radical (unpaired) electrons. The van der Waals surface area contributed by atoms with E-state index in [1.54, 1.807) is 12.1 Å². The first-order valence-electron chi connectivity index (χ1n) is 4.85. The zero-order valence-electron chi connectivity index (χ0n) is 8.72. The molecule has 1 N–H and O–H groups in total. The molecule has 0 saturated carbocycles. The summed E-state index contributed by atoms with van der Waals surface area (Å²) in [5.74, 6) is -0.272. The van der Waals surface area contributed by atoms with Crippen LogP contribution in [-0.2, 0) is 10.3 Å². The third kappa shape index (κ3) is 2.26. The molecular formula is C11H11BrFNOS. The molecule has 0 aliphatic carbocycles. The fourth-order valence-corrected chi connectivity index (χ4v) is 2.41. The van der Waals surface area contributed by atoms with Gasteiger partial charge in [-0.25, -0.2) is 4.39 Å². The second-order valence-electron chi connectivity index (χ2n) is 4.00. The number of hydrogen-bond acceptors (Lipinski definition) is 2. The summed E-state index contributed by atoms with van der Waals surface area (Å²) in [5, 5.41) is 3.22. The molecule has 0 aromatic heterocycles. The number of morpholine rings is 1. The maximum Gasteiger partial charge on any atom is 0.137 e. The first-order chi connectivity index (χ1) is 7.51. The molecule has 1 saturated heterocycles. The minimum Gasteiger partial charge on any atom is -0.372 e. The summed E-state index contributed by atoms with van der Waals surface area (Å²) >= 11 is 8.27. The minimum atomic E-state index is -0.383. The van der Waals surface area contributed by atoms with Gasteiger partial charge in [0.25, 0.3) is 0 Å². The summed E-state index contributed by atoms with van der Waals surface area (Å²) in [6, 6.07) is 4.92. The number of rotatable bonds is 1.